The number of anilines is 1. The molecule has 1 N–H and O–H groups in total. The van der Waals surface area contributed by atoms with Gasteiger partial charge in [-0.3, -0.25) is 0 Å². The summed E-state index contributed by atoms with van der Waals surface area (Å²) in [6.07, 6.45) is 1.66. The van der Waals surface area contributed by atoms with Crippen molar-refractivity contribution in [2.24, 2.45) is 0 Å². The van der Waals surface area contributed by atoms with Crippen molar-refractivity contribution in [3.63, 3.8) is 0 Å². The third kappa shape index (κ3) is 2.14. The minimum atomic E-state index is -1.17. The van der Waals surface area contributed by atoms with Crippen LogP contribution in [0.25, 0.3) is 0 Å². The fourth-order valence-corrected chi connectivity index (χ4v) is 1.73. The van der Waals surface area contributed by atoms with Gasteiger partial charge < -0.3 is 10.1 Å². The summed E-state index contributed by atoms with van der Waals surface area (Å²) >= 11 is 0. The summed E-state index contributed by atoms with van der Waals surface area (Å²) in [6.45, 7) is 0. The van der Waals surface area contributed by atoms with Crippen LogP contribution in [0.1, 0.15) is 12.8 Å². The Morgan fingerprint density at radius 1 is 1.12 bits per heavy atom. The lowest BCUT2D eigenvalue weighted by molar-refractivity contribution is 0.0328. The summed E-state index contributed by atoms with van der Waals surface area (Å²) in [5.41, 5.74) is -0.00143. The SMILES string of the molecule is COC1CC(Nc2cc(F)c(F)cc2F)C1. The standard InChI is InChI=1S/C11H12F3NO/c1-16-7-2-6(3-7)15-11-5-9(13)8(12)4-10(11)14/h4-7,15H,2-3H2,1H3. The van der Waals surface area contributed by atoms with Crippen molar-refractivity contribution in [3.8, 4) is 0 Å². The van der Waals surface area contributed by atoms with Gasteiger partial charge in [-0.05, 0) is 12.8 Å². The van der Waals surface area contributed by atoms with Gasteiger partial charge in [-0.25, -0.2) is 13.2 Å². The van der Waals surface area contributed by atoms with Gasteiger partial charge in [0.15, 0.2) is 11.6 Å². The van der Waals surface area contributed by atoms with E-state index in [0.29, 0.717) is 6.07 Å². The predicted molar refractivity (Wildman–Crippen MR) is 53.8 cm³/mol. The van der Waals surface area contributed by atoms with Gasteiger partial charge in [0.25, 0.3) is 0 Å². The van der Waals surface area contributed by atoms with Gasteiger partial charge in [0, 0.05) is 25.3 Å². The zero-order chi connectivity index (χ0) is 11.7. The molecular weight excluding hydrogens is 219 g/mol. The molecule has 88 valence electrons. The van der Waals surface area contributed by atoms with E-state index in [1.165, 1.54) is 0 Å². The highest BCUT2D eigenvalue weighted by molar-refractivity contribution is 5.46. The van der Waals surface area contributed by atoms with E-state index in [9.17, 15) is 13.2 Å². The Labute approximate surface area is 91.4 Å². The molecular formula is C11H12F3NO. The second kappa shape index (κ2) is 4.33. The maximum atomic E-state index is 13.2. The first kappa shape index (κ1) is 11.3. The van der Waals surface area contributed by atoms with E-state index in [0.717, 1.165) is 18.9 Å². The molecule has 16 heavy (non-hydrogen) atoms. The molecule has 0 amide bonds. The number of hydrogen-bond acceptors (Lipinski definition) is 2. The van der Waals surface area contributed by atoms with E-state index in [4.69, 9.17) is 4.74 Å². The van der Waals surface area contributed by atoms with Crippen LogP contribution in [0.2, 0.25) is 0 Å². The average Bonchev–Trinajstić information content (AvgIpc) is 2.18. The molecule has 0 bridgehead atoms. The second-order valence-electron chi connectivity index (χ2n) is 3.92. The van der Waals surface area contributed by atoms with Gasteiger partial charge >= 0.3 is 0 Å². The van der Waals surface area contributed by atoms with Crippen LogP contribution in [0.5, 0.6) is 0 Å². The molecule has 0 radical (unpaired) electrons. The monoisotopic (exact) mass is 231 g/mol. The normalized spacial score (nSPS) is 24.0. The van der Waals surface area contributed by atoms with Crippen molar-refractivity contribution in [2.45, 2.75) is 25.0 Å². The van der Waals surface area contributed by atoms with Crippen molar-refractivity contribution < 1.29 is 17.9 Å². The van der Waals surface area contributed by atoms with Gasteiger partial charge in [-0.15, -0.1) is 0 Å². The van der Waals surface area contributed by atoms with Crippen LogP contribution in [0.4, 0.5) is 18.9 Å². The Bertz CT molecular complexity index is 391. The first-order valence-electron chi connectivity index (χ1n) is 5.04. The second-order valence-corrected chi connectivity index (χ2v) is 3.92. The lowest BCUT2D eigenvalue weighted by atomic mass is 9.89. The van der Waals surface area contributed by atoms with Crippen molar-refractivity contribution in [2.75, 3.05) is 12.4 Å². The first-order chi connectivity index (χ1) is 7.60. The summed E-state index contributed by atoms with van der Waals surface area (Å²) in [7, 11) is 1.61. The minimum absolute atomic E-state index is 0.00143. The molecule has 0 atom stereocenters. The summed E-state index contributed by atoms with van der Waals surface area (Å²) in [6, 6.07) is 1.44. The molecule has 0 aromatic heterocycles. The molecule has 1 aliphatic rings. The van der Waals surface area contributed by atoms with Crippen LogP contribution >= 0.6 is 0 Å². The third-order valence-electron chi connectivity index (χ3n) is 2.80. The fourth-order valence-electron chi connectivity index (χ4n) is 1.73. The van der Waals surface area contributed by atoms with Gasteiger partial charge in [0.2, 0.25) is 0 Å². The topological polar surface area (TPSA) is 21.3 Å². The molecule has 1 aromatic carbocycles. The number of hydrogen-bond donors (Lipinski definition) is 1. The number of rotatable bonds is 3. The van der Waals surface area contributed by atoms with Crippen molar-refractivity contribution in [3.05, 3.63) is 29.6 Å². The molecule has 0 spiro atoms. The molecule has 0 aliphatic heterocycles. The molecule has 1 saturated carbocycles. The Balaban J connectivity index is 2.02. The Kier molecular flexibility index (Phi) is 3.05. The molecule has 1 fully saturated rings. The molecule has 0 saturated heterocycles. The molecule has 1 aromatic rings. The predicted octanol–water partition coefficient (Wildman–Crippen LogP) is 2.69. The van der Waals surface area contributed by atoms with E-state index in [2.05, 4.69) is 5.32 Å². The smallest absolute Gasteiger partial charge is 0.161 e. The van der Waals surface area contributed by atoms with E-state index in [-0.39, 0.29) is 17.8 Å². The van der Waals surface area contributed by atoms with E-state index in [1.54, 1.807) is 7.11 Å². The molecule has 2 rings (SSSR count). The van der Waals surface area contributed by atoms with Gasteiger partial charge in [0.05, 0.1) is 11.8 Å². The van der Waals surface area contributed by atoms with E-state index < -0.39 is 17.5 Å². The van der Waals surface area contributed by atoms with E-state index in [1.807, 2.05) is 0 Å². The van der Waals surface area contributed by atoms with Crippen LogP contribution in [-0.4, -0.2) is 19.3 Å². The molecule has 0 unspecified atom stereocenters. The highest BCUT2D eigenvalue weighted by atomic mass is 19.2. The van der Waals surface area contributed by atoms with Gasteiger partial charge in [0.1, 0.15) is 5.82 Å². The average molecular weight is 231 g/mol. The third-order valence-corrected chi connectivity index (χ3v) is 2.80. The Morgan fingerprint density at radius 2 is 1.75 bits per heavy atom. The van der Waals surface area contributed by atoms with Crippen LogP contribution in [0.15, 0.2) is 12.1 Å². The number of ether oxygens (including phenoxy) is 1. The van der Waals surface area contributed by atoms with Crippen molar-refractivity contribution in [1.29, 1.82) is 0 Å². The Morgan fingerprint density at radius 3 is 2.38 bits per heavy atom. The van der Waals surface area contributed by atoms with Crippen molar-refractivity contribution >= 4 is 5.69 Å². The van der Waals surface area contributed by atoms with Crippen LogP contribution < -0.4 is 5.32 Å². The summed E-state index contributed by atoms with van der Waals surface area (Å²) in [5, 5.41) is 2.82. The maximum absolute atomic E-state index is 13.2. The van der Waals surface area contributed by atoms with Crippen LogP contribution in [0, 0.1) is 17.5 Å². The summed E-state index contributed by atoms with van der Waals surface area (Å²) < 4.78 is 43.8. The first-order valence-corrected chi connectivity index (χ1v) is 5.04. The van der Waals surface area contributed by atoms with Crippen molar-refractivity contribution in [1.82, 2.24) is 0 Å². The highest BCUT2D eigenvalue weighted by Crippen LogP contribution is 2.28. The zero-order valence-electron chi connectivity index (χ0n) is 8.77. The lowest BCUT2D eigenvalue weighted by Crippen LogP contribution is -2.40. The number of methoxy groups -OCH3 is 1. The molecule has 5 heteroatoms. The lowest BCUT2D eigenvalue weighted by Gasteiger charge is -2.35. The van der Waals surface area contributed by atoms with Gasteiger partial charge in [-0.2, -0.15) is 0 Å². The maximum Gasteiger partial charge on any atom is 0.161 e. The fraction of sp³-hybridized carbons (Fsp3) is 0.455. The summed E-state index contributed by atoms with van der Waals surface area (Å²) in [5.74, 6) is -3.00. The van der Waals surface area contributed by atoms with E-state index >= 15 is 0 Å². The number of benzene rings is 1. The quantitative estimate of drug-likeness (QED) is 0.807. The highest BCUT2D eigenvalue weighted by Gasteiger charge is 2.29. The van der Waals surface area contributed by atoms with Crippen LogP contribution in [-0.2, 0) is 4.74 Å². The van der Waals surface area contributed by atoms with Gasteiger partial charge in [-0.1, -0.05) is 0 Å². The largest absolute Gasteiger partial charge is 0.381 e. The number of nitrogens with one attached hydrogen (secondary N) is 1. The molecule has 2 nitrogen and oxygen atoms in total. The molecule has 1 aliphatic carbocycles. The molecule has 0 heterocycles. The summed E-state index contributed by atoms with van der Waals surface area (Å²) in [4.78, 5) is 0. The number of halogens is 3. The Hall–Kier alpha value is -1.23. The van der Waals surface area contributed by atoms with Crippen LogP contribution in [0.3, 0.4) is 0 Å². The zero-order valence-corrected chi connectivity index (χ0v) is 8.77. The minimum Gasteiger partial charge on any atom is -0.381 e.